The second-order valence-electron chi connectivity index (χ2n) is 6.17. The summed E-state index contributed by atoms with van der Waals surface area (Å²) >= 11 is 0. The number of sulfonamides is 1. The highest BCUT2D eigenvalue weighted by Crippen LogP contribution is 2.25. The van der Waals surface area contributed by atoms with Gasteiger partial charge in [-0.05, 0) is 26.0 Å². The molecule has 10 nitrogen and oxygen atoms in total. The summed E-state index contributed by atoms with van der Waals surface area (Å²) in [6, 6.07) is 5.71. The molecule has 1 heterocycles. The summed E-state index contributed by atoms with van der Waals surface area (Å²) in [6.07, 6.45) is 0. The van der Waals surface area contributed by atoms with Gasteiger partial charge in [-0.25, -0.2) is 17.7 Å². The van der Waals surface area contributed by atoms with Crippen LogP contribution in [0.3, 0.4) is 0 Å². The molecule has 1 aliphatic heterocycles. The highest BCUT2D eigenvalue weighted by molar-refractivity contribution is 7.89. The molecule has 1 atom stereocenters. The Bertz CT molecular complexity index is 865. The first-order valence-corrected chi connectivity index (χ1v) is 9.52. The first kappa shape index (κ1) is 21.0. The summed E-state index contributed by atoms with van der Waals surface area (Å²) in [5, 5.41) is 14.6. The molecule has 11 heteroatoms. The summed E-state index contributed by atoms with van der Waals surface area (Å²) in [5.41, 5.74) is 0.907. The van der Waals surface area contributed by atoms with Crippen LogP contribution in [-0.4, -0.2) is 73.3 Å². The molecule has 0 spiro atoms. The minimum absolute atomic E-state index is 0.0724. The maximum atomic E-state index is 12.6. The van der Waals surface area contributed by atoms with Gasteiger partial charge in [-0.1, -0.05) is 12.1 Å². The van der Waals surface area contributed by atoms with Crippen LogP contribution in [0, 0.1) is 0 Å². The number of rotatable bonds is 7. The van der Waals surface area contributed by atoms with E-state index < -0.39 is 34.0 Å². The number of carbonyl (C=O) groups is 2. The number of ether oxygens (including phenoxy) is 1. The van der Waals surface area contributed by atoms with Gasteiger partial charge in [-0.15, -0.1) is 0 Å². The summed E-state index contributed by atoms with van der Waals surface area (Å²) < 4.78 is 30.2. The Hall–Kier alpha value is -2.34. The Labute approximate surface area is 157 Å². The number of carbonyl (C=O) groups excluding carboxylic acids is 2. The number of amides is 1. The topological polar surface area (TPSA) is 129 Å². The van der Waals surface area contributed by atoms with Crippen LogP contribution in [-0.2, 0) is 24.3 Å². The predicted octanol–water partition coefficient (Wildman–Crippen LogP) is -0.216. The number of esters is 1. The van der Waals surface area contributed by atoms with Gasteiger partial charge in [0.05, 0.1) is 17.2 Å². The Balaban J connectivity index is 2.39. The predicted molar refractivity (Wildman–Crippen MR) is 95.5 cm³/mol. The van der Waals surface area contributed by atoms with Gasteiger partial charge in [0, 0.05) is 19.7 Å². The summed E-state index contributed by atoms with van der Waals surface area (Å²) in [7, 11) is -0.766. The molecule has 1 aromatic rings. The lowest BCUT2D eigenvalue weighted by Gasteiger charge is -2.22. The van der Waals surface area contributed by atoms with E-state index in [0.717, 1.165) is 9.31 Å². The van der Waals surface area contributed by atoms with Crippen molar-refractivity contribution in [2.75, 3.05) is 27.2 Å². The summed E-state index contributed by atoms with van der Waals surface area (Å²) in [5.74, 6) is -1.28. The summed E-state index contributed by atoms with van der Waals surface area (Å²) in [6.45, 7) is 2.81. The van der Waals surface area contributed by atoms with Crippen molar-refractivity contribution < 1.29 is 28.0 Å². The van der Waals surface area contributed by atoms with Crippen molar-refractivity contribution in [1.82, 2.24) is 14.8 Å². The molecule has 0 aromatic heterocycles. The molecule has 148 valence electrons. The molecule has 1 aliphatic rings. The monoisotopic (exact) mass is 398 g/mol. The number of hydrogen-bond donors (Lipinski definition) is 2. The van der Waals surface area contributed by atoms with E-state index in [2.05, 4.69) is 5.10 Å². The zero-order valence-electron chi connectivity index (χ0n) is 15.5. The highest BCUT2D eigenvalue weighted by Gasteiger charge is 2.48. The molecule has 0 radical (unpaired) electrons. The average molecular weight is 398 g/mol. The minimum Gasteiger partial charge on any atom is -0.465 e. The third-order valence-electron chi connectivity index (χ3n) is 4.07. The van der Waals surface area contributed by atoms with E-state index in [1.54, 1.807) is 6.92 Å². The maximum absolute atomic E-state index is 12.6. The van der Waals surface area contributed by atoms with E-state index in [1.165, 1.54) is 45.3 Å². The third kappa shape index (κ3) is 3.86. The molecule has 1 aromatic carbocycles. The molecule has 0 bridgehead atoms. The molecular formula is C16H22N4O6S. The quantitative estimate of drug-likeness (QED) is 0.480. The second kappa shape index (κ2) is 7.72. The van der Waals surface area contributed by atoms with Crippen molar-refractivity contribution in [3.8, 4) is 0 Å². The van der Waals surface area contributed by atoms with Crippen molar-refractivity contribution >= 4 is 27.6 Å². The molecule has 2 rings (SSSR count). The minimum atomic E-state index is -3.61. The van der Waals surface area contributed by atoms with Crippen molar-refractivity contribution in [1.29, 1.82) is 0 Å². The largest absolute Gasteiger partial charge is 0.465 e. The first-order valence-electron chi connectivity index (χ1n) is 8.08. The number of hydrazone groups is 1. The molecule has 27 heavy (non-hydrogen) atoms. The highest BCUT2D eigenvalue weighted by atomic mass is 32.2. The van der Waals surface area contributed by atoms with Gasteiger partial charge in [0.25, 0.3) is 5.91 Å². The van der Waals surface area contributed by atoms with Crippen LogP contribution in [0.4, 0.5) is 0 Å². The summed E-state index contributed by atoms with van der Waals surface area (Å²) in [4.78, 5) is 24.3. The molecule has 2 N–H and O–H groups in total. The van der Waals surface area contributed by atoms with E-state index in [4.69, 9.17) is 4.74 Å². The number of hydrogen-bond acceptors (Lipinski definition) is 8. The fraction of sp³-hybridized carbons (Fsp3) is 0.438. The third-order valence-corrected chi connectivity index (χ3v) is 5.90. The van der Waals surface area contributed by atoms with Gasteiger partial charge in [-0.2, -0.15) is 10.6 Å². The smallest absolute Gasteiger partial charge is 0.327 e. The molecule has 1 amide bonds. The van der Waals surface area contributed by atoms with Crippen molar-refractivity contribution in [2.45, 2.75) is 24.3 Å². The number of hydroxylamine groups is 1. The normalized spacial score (nSPS) is 20.1. The van der Waals surface area contributed by atoms with E-state index in [9.17, 15) is 23.2 Å². The van der Waals surface area contributed by atoms with E-state index >= 15 is 0 Å². The Morgan fingerprint density at radius 2 is 1.93 bits per heavy atom. The van der Waals surface area contributed by atoms with Gasteiger partial charge in [0.15, 0.2) is 5.54 Å². The molecule has 0 saturated heterocycles. The van der Waals surface area contributed by atoms with E-state index in [-0.39, 0.29) is 17.2 Å². The van der Waals surface area contributed by atoms with Gasteiger partial charge in [-0.3, -0.25) is 9.59 Å². The lowest BCUT2D eigenvalue weighted by molar-refractivity contribution is -0.150. The Morgan fingerprint density at radius 3 is 2.41 bits per heavy atom. The van der Waals surface area contributed by atoms with Crippen LogP contribution in [0.2, 0.25) is 0 Å². The first-order chi connectivity index (χ1) is 12.6. The maximum Gasteiger partial charge on any atom is 0.327 e. The number of benzene rings is 1. The fourth-order valence-corrected chi connectivity index (χ4v) is 3.41. The molecule has 0 saturated carbocycles. The van der Waals surface area contributed by atoms with Gasteiger partial charge < -0.3 is 9.94 Å². The SMILES string of the molecule is CCOC(=O)CN1N=C(c2ccc(S(=O)(=O)N(C)C)cc2)C(C)(NO)C1=O. The van der Waals surface area contributed by atoms with Crippen LogP contribution in [0.1, 0.15) is 19.4 Å². The van der Waals surface area contributed by atoms with Crippen molar-refractivity contribution in [3.05, 3.63) is 29.8 Å². The molecule has 1 unspecified atom stereocenters. The van der Waals surface area contributed by atoms with Crippen LogP contribution in [0.25, 0.3) is 0 Å². The lowest BCUT2D eigenvalue weighted by Crippen LogP contribution is -2.54. The van der Waals surface area contributed by atoms with Gasteiger partial charge in [0.1, 0.15) is 6.54 Å². The van der Waals surface area contributed by atoms with Crippen molar-refractivity contribution in [2.24, 2.45) is 5.10 Å². The number of nitrogens with zero attached hydrogens (tertiary/aromatic N) is 3. The van der Waals surface area contributed by atoms with Gasteiger partial charge in [0.2, 0.25) is 10.0 Å². The van der Waals surface area contributed by atoms with Crippen LogP contribution >= 0.6 is 0 Å². The van der Waals surface area contributed by atoms with E-state index in [1.807, 2.05) is 5.48 Å². The van der Waals surface area contributed by atoms with Gasteiger partial charge >= 0.3 is 5.97 Å². The van der Waals surface area contributed by atoms with Crippen LogP contribution in [0.5, 0.6) is 0 Å². The Morgan fingerprint density at radius 1 is 1.33 bits per heavy atom. The zero-order chi connectivity index (χ0) is 20.4. The second-order valence-corrected chi connectivity index (χ2v) is 8.32. The molecule has 0 aliphatic carbocycles. The number of nitrogens with one attached hydrogen (secondary N) is 1. The van der Waals surface area contributed by atoms with Crippen molar-refractivity contribution in [3.63, 3.8) is 0 Å². The standard InChI is InChI=1S/C16H22N4O6S/c1-5-26-13(21)10-20-15(22)16(2,18-23)14(17-20)11-6-8-12(9-7-11)27(24,25)19(3)4/h6-9,18,23H,5,10H2,1-4H3. The average Bonchev–Trinajstić information content (AvgIpc) is 2.87. The zero-order valence-corrected chi connectivity index (χ0v) is 16.3. The van der Waals surface area contributed by atoms with Crippen LogP contribution in [0.15, 0.2) is 34.3 Å². The fourth-order valence-electron chi connectivity index (χ4n) is 2.50. The molecule has 0 fully saturated rings. The van der Waals surface area contributed by atoms with Crippen LogP contribution < -0.4 is 5.48 Å². The van der Waals surface area contributed by atoms with E-state index in [0.29, 0.717) is 5.56 Å². The lowest BCUT2D eigenvalue weighted by atomic mass is 9.91. The molecular weight excluding hydrogens is 376 g/mol. The Kier molecular flexibility index (Phi) is 6.00.